The number of sulfonamides is 1. The number of hydrogen-bond acceptors (Lipinski definition) is 5. The molecule has 3 aliphatic rings. The van der Waals surface area contributed by atoms with E-state index in [0.717, 1.165) is 57.8 Å². The van der Waals surface area contributed by atoms with Crippen molar-refractivity contribution in [3.8, 4) is 0 Å². The molecule has 0 aromatic rings. The van der Waals surface area contributed by atoms with E-state index in [0.29, 0.717) is 31.7 Å². The molecule has 3 rings (SSSR count). The Bertz CT molecular complexity index is 596. The first-order valence-electron chi connectivity index (χ1n) is 10.5. The first-order chi connectivity index (χ1) is 12.8. The molecule has 2 unspecified atom stereocenters. The van der Waals surface area contributed by atoms with Gasteiger partial charge in [0.2, 0.25) is 15.9 Å². The maximum Gasteiger partial charge on any atom is 0.234 e. The molecule has 1 N–H and O–H groups in total. The third-order valence-corrected chi connectivity index (χ3v) is 7.79. The minimum atomic E-state index is -3.06. The lowest BCUT2D eigenvalue weighted by Gasteiger charge is -2.42. The summed E-state index contributed by atoms with van der Waals surface area (Å²) in [5.41, 5.74) is 0. The van der Waals surface area contributed by atoms with Gasteiger partial charge in [-0.3, -0.25) is 14.6 Å². The molecule has 0 aromatic heterocycles. The summed E-state index contributed by atoms with van der Waals surface area (Å²) in [5, 5.41) is 3.23. The van der Waals surface area contributed by atoms with E-state index in [9.17, 15) is 13.2 Å². The second kappa shape index (κ2) is 9.20. The van der Waals surface area contributed by atoms with Gasteiger partial charge in [-0.1, -0.05) is 19.8 Å². The number of carbonyl (C=O) groups is 1. The zero-order valence-corrected chi connectivity index (χ0v) is 17.7. The molecule has 0 spiro atoms. The molecule has 3 fully saturated rings. The predicted molar refractivity (Wildman–Crippen MR) is 107 cm³/mol. The minimum Gasteiger partial charge on any atom is -0.352 e. The predicted octanol–water partition coefficient (Wildman–Crippen LogP) is 0.723. The van der Waals surface area contributed by atoms with Gasteiger partial charge in [-0.05, 0) is 31.6 Å². The quantitative estimate of drug-likeness (QED) is 0.736. The Labute approximate surface area is 164 Å². The van der Waals surface area contributed by atoms with Crippen LogP contribution in [0.3, 0.4) is 0 Å². The smallest absolute Gasteiger partial charge is 0.234 e. The maximum atomic E-state index is 12.4. The monoisotopic (exact) mass is 400 g/mol. The molecule has 2 atom stereocenters. The van der Waals surface area contributed by atoms with E-state index in [-0.39, 0.29) is 5.91 Å². The minimum absolute atomic E-state index is 0.170. The highest BCUT2D eigenvalue weighted by atomic mass is 32.2. The third-order valence-electron chi connectivity index (χ3n) is 6.48. The lowest BCUT2D eigenvalue weighted by atomic mass is 9.87. The van der Waals surface area contributed by atoms with Crippen molar-refractivity contribution in [3.05, 3.63) is 0 Å². The molecule has 1 aliphatic carbocycles. The first kappa shape index (κ1) is 21.0. The van der Waals surface area contributed by atoms with E-state index in [4.69, 9.17) is 0 Å². The fourth-order valence-electron chi connectivity index (χ4n) is 4.87. The van der Waals surface area contributed by atoms with Gasteiger partial charge in [-0.15, -0.1) is 0 Å². The summed E-state index contributed by atoms with van der Waals surface area (Å²) in [7, 11) is -3.06. The van der Waals surface area contributed by atoms with Gasteiger partial charge in [0.1, 0.15) is 0 Å². The van der Waals surface area contributed by atoms with Crippen molar-refractivity contribution in [2.24, 2.45) is 5.92 Å². The summed E-state index contributed by atoms with van der Waals surface area (Å²) in [6.45, 7) is 7.82. The van der Waals surface area contributed by atoms with Gasteiger partial charge in [-0.25, -0.2) is 12.7 Å². The van der Waals surface area contributed by atoms with E-state index >= 15 is 0 Å². The number of amides is 1. The molecular formula is C19H36N4O3S. The first-order valence-corrected chi connectivity index (χ1v) is 12.4. The summed E-state index contributed by atoms with van der Waals surface area (Å²) in [6, 6.07) is 0.838. The van der Waals surface area contributed by atoms with E-state index < -0.39 is 10.0 Å². The number of carbonyl (C=O) groups excluding carboxylic acids is 1. The number of nitrogens with zero attached hydrogens (tertiary/aromatic N) is 3. The van der Waals surface area contributed by atoms with Crippen molar-refractivity contribution < 1.29 is 13.2 Å². The van der Waals surface area contributed by atoms with Gasteiger partial charge in [0.05, 0.1) is 12.8 Å². The largest absolute Gasteiger partial charge is 0.352 e. The Hall–Kier alpha value is -0.700. The molecule has 7 nitrogen and oxygen atoms in total. The molecular weight excluding hydrogens is 364 g/mol. The van der Waals surface area contributed by atoms with Gasteiger partial charge in [0, 0.05) is 51.4 Å². The van der Waals surface area contributed by atoms with Crippen molar-refractivity contribution in [1.29, 1.82) is 0 Å². The van der Waals surface area contributed by atoms with E-state index in [2.05, 4.69) is 22.0 Å². The summed E-state index contributed by atoms with van der Waals surface area (Å²) in [5.74, 6) is 0.894. The van der Waals surface area contributed by atoms with E-state index in [1.165, 1.54) is 19.1 Å². The van der Waals surface area contributed by atoms with Crippen LogP contribution in [0.5, 0.6) is 0 Å². The van der Waals surface area contributed by atoms with E-state index in [1.54, 1.807) is 4.31 Å². The number of rotatable bonds is 5. The normalized spacial score (nSPS) is 30.3. The van der Waals surface area contributed by atoms with Crippen LogP contribution in [0.15, 0.2) is 0 Å². The molecule has 0 bridgehead atoms. The number of piperazine rings is 1. The third kappa shape index (κ3) is 6.14. The van der Waals surface area contributed by atoms with Crippen molar-refractivity contribution in [2.75, 3.05) is 52.1 Å². The molecule has 2 heterocycles. The number of piperidine rings is 1. The van der Waals surface area contributed by atoms with E-state index in [1.807, 2.05) is 0 Å². The van der Waals surface area contributed by atoms with Crippen LogP contribution in [-0.4, -0.2) is 92.6 Å². The van der Waals surface area contributed by atoms with Gasteiger partial charge < -0.3 is 5.32 Å². The van der Waals surface area contributed by atoms with Crippen LogP contribution < -0.4 is 5.32 Å². The van der Waals surface area contributed by atoms with Crippen LogP contribution in [0, 0.1) is 5.92 Å². The average Bonchev–Trinajstić information content (AvgIpc) is 2.62. The van der Waals surface area contributed by atoms with Crippen LogP contribution in [0.4, 0.5) is 0 Å². The highest BCUT2D eigenvalue weighted by Crippen LogP contribution is 2.23. The van der Waals surface area contributed by atoms with Gasteiger partial charge >= 0.3 is 0 Å². The average molecular weight is 401 g/mol. The summed E-state index contributed by atoms with van der Waals surface area (Å²) >= 11 is 0. The molecule has 0 radical (unpaired) electrons. The second-order valence-corrected chi connectivity index (χ2v) is 10.7. The zero-order chi connectivity index (χ0) is 19.4. The SMILES string of the molecule is CC1CCCC(NC(=O)CN2CCN(C3CCN(S(C)(=O)=O)CC3)CC2)C1. The van der Waals surface area contributed by atoms with Crippen LogP contribution in [-0.2, 0) is 14.8 Å². The Balaban J connectivity index is 1.36. The Morgan fingerprint density at radius 1 is 1.00 bits per heavy atom. The highest BCUT2D eigenvalue weighted by Gasteiger charge is 2.30. The number of hydrogen-bond donors (Lipinski definition) is 1. The van der Waals surface area contributed by atoms with Crippen LogP contribution >= 0.6 is 0 Å². The maximum absolute atomic E-state index is 12.4. The molecule has 8 heteroatoms. The fourth-order valence-corrected chi connectivity index (χ4v) is 5.74. The topological polar surface area (TPSA) is 73.0 Å². The molecule has 0 aromatic carbocycles. The molecule has 1 amide bonds. The van der Waals surface area contributed by atoms with Crippen LogP contribution in [0.2, 0.25) is 0 Å². The second-order valence-electron chi connectivity index (χ2n) is 8.74. The standard InChI is InChI=1S/C19H36N4O3S/c1-16-4-3-5-17(14-16)20-19(24)15-21-10-12-22(13-11-21)18-6-8-23(9-7-18)27(2,25)26/h16-18H,3-15H2,1-2H3,(H,20,24). The molecule has 2 aliphatic heterocycles. The summed E-state index contributed by atoms with van der Waals surface area (Å²) in [6.07, 6.45) is 7.87. The molecule has 156 valence electrons. The van der Waals surface area contributed by atoms with Crippen LogP contribution in [0.25, 0.3) is 0 Å². The zero-order valence-electron chi connectivity index (χ0n) is 16.9. The van der Waals surface area contributed by atoms with Crippen molar-refractivity contribution in [1.82, 2.24) is 19.4 Å². The van der Waals surface area contributed by atoms with Crippen molar-refractivity contribution in [3.63, 3.8) is 0 Å². The van der Waals surface area contributed by atoms with Crippen molar-refractivity contribution in [2.45, 2.75) is 57.5 Å². The Morgan fingerprint density at radius 2 is 1.67 bits per heavy atom. The van der Waals surface area contributed by atoms with Gasteiger partial charge in [0.15, 0.2) is 0 Å². The number of nitrogens with one attached hydrogen (secondary N) is 1. The fraction of sp³-hybridized carbons (Fsp3) is 0.947. The van der Waals surface area contributed by atoms with Gasteiger partial charge in [0.25, 0.3) is 0 Å². The molecule has 1 saturated carbocycles. The Kier molecular flexibility index (Phi) is 7.16. The summed E-state index contributed by atoms with van der Waals surface area (Å²) < 4.78 is 24.9. The lowest BCUT2D eigenvalue weighted by Crippen LogP contribution is -2.55. The lowest BCUT2D eigenvalue weighted by molar-refractivity contribution is -0.123. The Morgan fingerprint density at radius 3 is 2.26 bits per heavy atom. The van der Waals surface area contributed by atoms with Crippen molar-refractivity contribution >= 4 is 15.9 Å². The molecule has 27 heavy (non-hydrogen) atoms. The molecule has 2 saturated heterocycles. The van der Waals surface area contributed by atoms with Crippen LogP contribution in [0.1, 0.15) is 45.4 Å². The summed E-state index contributed by atoms with van der Waals surface area (Å²) in [4.78, 5) is 17.1. The van der Waals surface area contributed by atoms with Gasteiger partial charge in [-0.2, -0.15) is 0 Å². The highest BCUT2D eigenvalue weighted by molar-refractivity contribution is 7.88.